The van der Waals surface area contributed by atoms with Gasteiger partial charge in [0.2, 0.25) is 0 Å². The van der Waals surface area contributed by atoms with Crippen LogP contribution in [0.3, 0.4) is 0 Å². The molecular weight excluding hydrogens is 304 g/mol. The van der Waals surface area contributed by atoms with Gasteiger partial charge in [-0.3, -0.25) is 4.90 Å². The van der Waals surface area contributed by atoms with Gasteiger partial charge in [-0.05, 0) is 61.9 Å². The van der Waals surface area contributed by atoms with Crippen molar-refractivity contribution in [2.75, 3.05) is 7.05 Å². The van der Waals surface area contributed by atoms with E-state index < -0.39 is 0 Å². The number of hydrogen-bond donors (Lipinski definition) is 0. The van der Waals surface area contributed by atoms with Crippen LogP contribution in [0.4, 0.5) is 0 Å². The Labute approximate surface area is 150 Å². The minimum Gasteiger partial charge on any atom is -0.283 e. The summed E-state index contributed by atoms with van der Waals surface area (Å²) < 4.78 is 0. The molecule has 0 saturated heterocycles. The highest BCUT2D eigenvalue weighted by atomic mass is 15.3. The van der Waals surface area contributed by atoms with E-state index in [1.165, 1.54) is 22.3 Å². The van der Waals surface area contributed by atoms with Crippen LogP contribution in [0.5, 0.6) is 0 Å². The van der Waals surface area contributed by atoms with Gasteiger partial charge in [-0.1, -0.05) is 48.5 Å². The minimum atomic E-state index is -0.141. The predicted molar refractivity (Wildman–Crippen MR) is 99.1 cm³/mol. The number of nitriles is 1. The molecule has 0 unspecified atom stereocenters. The normalized spacial score (nSPS) is 37.9. The average molecular weight is 328 g/mol. The van der Waals surface area contributed by atoms with Crippen LogP contribution in [0.2, 0.25) is 0 Å². The van der Waals surface area contributed by atoms with Gasteiger partial charge in [-0.15, -0.1) is 0 Å². The Kier molecular flexibility index (Phi) is 2.75. The molecule has 2 aliphatic heterocycles. The SMILES string of the molecule is CN1[C@@]2(C)c3ccccc3[C@@]3(CC#N)C[C@H]3C[C@]1(C)c1ccccc12. The smallest absolute Gasteiger partial charge is 0.0697 e. The second-order valence-electron chi connectivity index (χ2n) is 8.59. The highest BCUT2D eigenvalue weighted by Gasteiger charge is 2.64. The molecule has 0 N–H and O–H groups in total. The monoisotopic (exact) mass is 328 g/mol. The number of rotatable bonds is 1. The summed E-state index contributed by atoms with van der Waals surface area (Å²) in [6, 6.07) is 20.4. The molecule has 1 saturated carbocycles. The van der Waals surface area contributed by atoms with Crippen LogP contribution in [-0.4, -0.2) is 11.9 Å². The first kappa shape index (κ1) is 15.2. The van der Waals surface area contributed by atoms with Crippen molar-refractivity contribution in [2.45, 2.75) is 49.6 Å². The summed E-state index contributed by atoms with van der Waals surface area (Å²) in [5.41, 5.74) is 5.66. The lowest BCUT2D eigenvalue weighted by molar-refractivity contribution is 0.0543. The molecule has 0 amide bonds. The summed E-state index contributed by atoms with van der Waals surface area (Å²) in [6.07, 6.45) is 2.92. The fraction of sp³-hybridized carbons (Fsp3) is 0.435. The zero-order chi connectivity index (χ0) is 17.4. The number of fused-ring (bicyclic) bond motifs is 9. The Morgan fingerprint density at radius 2 is 1.52 bits per heavy atom. The van der Waals surface area contributed by atoms with E-state index >= 15 is 0 Å². The molecule has 4 atom stereocenters. The molecule has 126 valence electrons. The fourth-order valence-corrected chi connectivity index (χ4v) is 6.06. The Balaban J connectivity index is 1.87. The van der Waals surface area contributed by atoms with Crippen molar-refractivity contribution in [3.8, 4) is 6.07 Å². The second-order valence-corrected chi connectivity index (χ2v) is 8.59. The largest absolute Gasteiger partial charge is 0.283 e. The molecule has 2 heteroatoms. The zero-order valence-electron chi connectivity index (χ0n) is 15.2. The first-order valence-corrected chi connectivity index (χ1v) is 9.29. The van der Waals surface area contributed by atoms with Crippen molar-refractivity contribution in [3.63, 3.8) is 0 Å². The Bertz CT molecular complexity index is 926. The van der Waals surface area contributed by atoms with Gasteiger partial charge in [0, 0.05) is 17.4 Å². The van der Waals surface area contributed by atoms with Crippen LogP contribution in [0.15, 0.2) is 48.5 Å². The van der Waals surface area contributed by atoms with Gasteiger partial charge >= 0.3 is 0 Å². The molecule has 2 aromatic rings. The quantitative estimate of drug-likeness (QED) is 0.759. The molecule has 0 spiro atoms. The maximum Gasteiger partial charge on any atom is 0.0697 e. The molecule has 2 bridgehead atoms. The Morgan fingerprint density at radius 1 is 0.960 bits per heavy atom. The maximum atomic E-state index is 9.54. The van der Waals surface area contributed by atoms with E-state index in [-0.39, 0.29) is 16.5 Å². The number of hydrogen-bond acceptors (Lipinski definition) is 2. The molecule has 0 radical (unpaired) electrons. The first-order valence-electron chi connectivity index (χ1n) is 9.29. The average Bonchev–Trinajstić information content (AvgIpc) is 3.28. The second kappa shape index (κ2) is 4.54. The van der Waals surface area contributed by atoms with Crippen molar-refractivity contribution in [3.05, 3.63) is 70.8 Å². The van der Waals surface area contributed by atoms with E-state index in [0.717, 1.165) is 12.8 Å². The highest BCUT2D eigenvalue weighted by Crippen LogP contribution is 2.67. The van der Waals surface area contributed by atoms with Gasteiger partial charge in [-0.25, -0.2) is 0 Å². The predicted octanol–water partition coefficient (Wildman–Crippen LogP) is 4.69. The molecule has 5 rings (SSSR count). The van der Waals surface area contributed by atoms with Crippen molar-refractivity contribution in [2.24, 2.45) is 5.92 Å². The molecule has 25 heavy (non-hydrogen) atoms. The zero-order valence-corrected chi connectivity index (χ0v) is 15.2. The van der Waals surface area contributed by atoms with Gasteiger partial charge in [0.05, 0.1) is 11.6 Å². The lowest BCUT2D eigenvalue weighted by Crippen LogP contribution is -2.48. The maximum absolute atomic E-state index is 9.54. The van der Waals surface area contributed by atoms with Crippen molar-refractivity contribution in [1.29, 1.82) is 5.26 Å². The van der Waals surface area contributed by atoms with E-state index in [9.17, 15) is 5.26 Å². The van der Waals surface area contributed by atoms with Gasteiger partial charge < -0.3 is 0 Å². The van der Waals surface area contributed by atoms with Crippen molar-refractivity contribution < 1.29 is 0 Å². The summed E-state index contributed by atoms with van der Waals surface area (Å²) in [5.74, 6) is 0.594. The molecular formula is C23H24N2. The topological polar surface area (TPSA) is 27.0 Å². The molecule has 2 aromatic carbocycles. The molecule has 2 heterocycles. The fourth-order valence-electron chi connectivity index (χ4n) is 6.06. The van der Waals surface area contributed by atoms with Crippen LogP contribution in [0.25, 0.3) is 0 Å². The minimum absolute atomic E-state index is 0.0285. The number of nitrogens with zero attached hydrogens (tertiary/aromatic N) is 2. The Hall–Kier alpha value is -2.11. The van der Waals surface area contributed by atoms with E-state index in [1.807, 2.05) is 0 Å². The first-order chi connectivity index (χ1) is 12.0. The van der Waals surface area contributed by atoms with E-state index in [4.69, 9.17) is 0 Å². The van der Waals surface area contributed by atoms with Crippen molar-refractivity contribution >= 4 is 0 Å². The van der Waals surface area contributed by atoms with Crippen LogP contribution in [-0.2, 0) is 16.5 Å². The lowest BCUT2D eigenvalue weighted by atomic mass is 9.75. The molecule has 1 fully saturated rings. The lowest BCUT2D eigenvalue weighted by Gasteiger charge is -2.45. The van der Waals surface area contributed by atoms with E-state index in [0.29, 0.717) is 12.3 Å². The third-order valence-electron chi connectivity index (χ3n) is 7.70. The number of benzene rings is 2. The summed E-state index contributed by atoms with van der Waals surface area (Å²) >= 11 is 0. The molecule has 1 aliphatic carbocycles. The third-order valence-corrected chi connectivity index (χ3v) is 7.70. The van der Waals surface area contributed by atoms with Gasteiger partial charge in [0.25, 0.3) is 0 Å². The van der Waals surface area contributed by atoms with Crippen LogP contribution < -0.4 is 0 Å². The van der Waals surface area contributed by atoms with Crippen LogP contribution in [0.1, 0.15) is 55.4 Å². The van der Waals surface area contributed by atoms with Crippen molar-refractivity contribution in [1.82, 2.24) is 4.90 Å². The highest BCUT2D eigenvalue weighted by molar-refractivity contribution is 5.57. The van der Waals surface area contributed by atoms with E-state index in [1.54, 1.807) is 0 Å². The molecule has 3 aliphatic rings. The van der Waals surface area contributed by atoms with E-state index in [2.05, 4.69) is 80.4 Å². The van der Waals surface area contributed by atoms with Gasteiger partial charge in [0.15, 0.2) is 0 Å². The molecule has 0 aromatic heterocycles. The van der Waals surface area contributed by atoms with Gasteiger partial charge in [-0.2, -0.15) is 5.26 Å². The summed E-state index contributed by atoms with van der Waals surface area (Å²) in [4.78, 5) is 2.60. The Morgan fingerprint density at radius 3 is 2.16 bits per heavy atom. The summed E-state index contributed by atoms with van der Waals surface area (Å²) in [7, 11) is 2.29. The van der Waals surface area contributed by atoms with Gasteiger partial charge in [0.1, 0.15) is 0 Å². The van der Waals surface area contributed by atoms with Crippen LogP contribution in [0, 0.1) is 17.2 Å². The van der Waals surface area contributed by atoms with Crippen LogP contribution >= 0.6 is 0 Å². The summed E-state index contributed by atoms with van der Waals surface area (Å²) in [5, 5.41) is 9.54. The standard InChI is InChI=1S/C23H24N2/c1-21-14-16-15-23(16,12-13-24)20-11-7-6-10-19(20)22(2,25(21)3)18-9-5-4-8-17(18)21/h4-11,16H,12,14-15H2,1-3H3/t16-,21-,22-,23+/m1/s1. The summed E-state index contributed by atoms with van der Waals surface area (Å²) in [6.45, 7) is 4.78. The molecule has 2 nitrogen and oxygen atoms in total. The third kappa shape index (κ3) is 1.59.